The van der Waals surface area contributed by atoms with Crippen LogP contribution in [0.15, 0.2) is 52.7 Å². The molecular weight excluding hydrogens is 413 g/mol. The van der Waals surface area contributed by atoms with Crippen molar-refractivity contribution in [3.05, 3.63) is 75.5 Å². The molecule has 1 amide bonds. The van der Waals surface area contributed by atoms with E-state index in [9.17, 15) is 17.6 Å². The average Bonchev–Trinajstić information content (AvgIpc) is 3.12. The van der Waals surface area contributed by atoms with Gasteiger partial charge in [0.25, 0.3) is 15.9 Å². The van der Waals surface area contributed by atoms with E-state index in [2.05, 4.69) is 10.3 Å². The van der Waals surface area contributed by atoms with Crippen LogP contribution in [-0.4, -0.2) is 25.9 Å². The second-order valence-electron chi connectivity index (χ2n) is 6.67. The van der Waals surface area contributed by atoms with Gasteiger partial charge in [0.05, 0.1) is 27.8 Å². The predicted octanol–water partition coefficient (Wildman–Crippen LogP) is 3.27. The quantitative estimate of drug-likeness (QED) is 0.673. The van der Waals surface area contributed by atoms with E-state index >= 15 is 0 Å². The number of halogens is 1. The monoisotopic (exact) mass is 431 g/mol. The molecule has 2 aromatic carbocycles. The summed E-state index contributed by atoms with van der Waals surface area (Å²) in [6.07, 6.45) is 0.654. The molecule has 0 atom stereocenters. The molecule has 29 heavy (non-hydrogen) atoms. The lowest BCUT2D eigenvalue weighted by Gasteiger charge is -2.25. The molecule has 0 aliphatic carbocycles. The van der Waals surface area contributed by atoms with E-state index in [1.165, 1.54) is 52.0 Å². The molecule has 0 radical (unpaired) electrons. The number of aromatic nitrogens is 1. The highest BCUT2D eigenvalue weighted by atomic mass is 32.2. The number of aryl methyl sites for hydroxylation is 1. The first-order valence-corrected chi connectivity index (χ1v) is 11.3. The standard InChI is InChI=1S/C20H18FN3O3S2/c1-13-23-16(12-28-13)11-24(17-5-3-15(21)4-6-17)29(26,27)18-7-2-14-8-9-22-20(25)19(14)10-18/h2-7,10,12H,8-9,11H2,1H3,(H,22,25). The molecule has 0 spiro atoms. The minimum atomic E-state index is -4.02. The van der Waals surface area contributed by atoms with E-state index < -0.39 is 15.8 Å². The van der Waals surface area contributed by atoms with Crippen LogP contribution in [0.25, 0.3) is 0 Å². The minimum absolute atomic E-state index is 0.00157. The second kappa shape index (κ2) is 7.57. The number of benzene rings is 2. The summed E-state index contributed by atoms with van der Waals surface area (Å²) in [6.45, 7) is 2.37. The van der Waals surface area contributed by atoms with Gasteiger partial charge in [-0.1, -0.05) is 6.07 Å². The molecule has 3 aromatic rings. The lowest BCUT2D eigenvalue weighted by molar-refractivity contribution is 0.0945. The van der Waals surface area contributed by atoms with Crippen molar-refractivity contribution in [1.29, 1.82) is 0 Å². The molecule has 0 fully saturated rings. The van der Waals surface area contributed by atoms with Crippen molar-refractivity contribution in [2.75, 3.05) is 10.8 Å². The number of nitrogens with zero attached hydrogens (tertiary/aromatic N) is 2. The third-order valence-electron chi connectivity index (χ3n) is 4.68. The topological polar surface area (TPSA) is 79.4 Å². The summed E-state index contributed by atoms with van der Waals surface area (Å²) in [4.78, 5) is 16.5. The number of nitrogens with one attached hydrogen (secondary N) is 1. The number of fused-ring (bicyclic) bond motifs is 1. The Kier molecular flexibility index (Phi) is 5.10. The van der Waals surface area contributed by atoms with Crippen LogP contribution in [0, 0.1) is 12.7 Å². The van der Waals surface area contributed by atoms with Crippen LogP contribution in [0.2, 0.25) is 0 Å². The molecule has 0 bridgehead atoms. The second-order valence-corrected chi connectivity index (χ2v) is 9.60. The van der Waals surface area contributed by atoms with Crippen molar-refractivity contribution in [3.63, 3.8) is 0 Å². The Bertz CT molecular complexity index is 1170. The maximum atomic E-state index is 13.5. The Morgan fingerprint density at radius 3 is 2.66 bits per heavy atom. The van der Waals surface area contributed by atoms with Crippen LogP contribution in [0.5, 0.6) is 0 Å². The maximum absolute atomic E-state index is 13.5. The summed E-state index contributed by atoms with van der Waals surface area (Å²) in [7, 11) is -4.02. The zero-order valence-corrected chi connectivity index (χ0v) is 17.2. The van der Waals surface area contributed by atoms with Gasteiger partial charge >= 0.3 is 0 Å². The van der Waals surface area contributed by atoms with E-state index in [4.69, 9.17) is 0 Å². The Morgan fingerprint density at radius 1 is 1.21 bits per heavy atom. The van der Waals surface area contributed by atoms with Crippen molar-refractivity contribution < 1.29 is 17.6 Å². The van der Waals surface area contributed by atoms with Gasteiger partial charge in [0, 0.05) is 17.5 Å². The number of sulfonamides is 1. The smallest absolute Gasteiger partial charge is 0.264 e. The fraction of sp³-hybridized carbons (Fsp3) is 0.200. The van der Waals surface area contributed by atoms with E-state index in [-0.39, 0.29) is 17.3 Å². The number of anilines is 1. The number of thiazole rings is 1. The number of carbonyl (C=O) groups excluding carboxylic acids is 1. The predicted molar refractivity (Wildman–Crippen MR) is 109 cm³/mol. The molecule has 1 aliphatic heterocycles. The van der Waals surface area contributed by atoms with Gasteiger partial charge in [0.2, 0.25) is 0 Å². The van der Waals surface area contributed by atoms with E-state index in [1.54, 1.807) is 11.4 Å². The van der Waals surface area contributed by atoms with Crippen molar-refractivity contribution >= 4 is 33.0 Å². The van der Waals surface area contributed by atoms with Crippen molar-refractivity contribution in [2.24, 2.45) is 0 Å². The summed E-state index contributed by atoms with van der Waals surface area (Å²) in [5.74, 6) is -0.743. The minimum Gasteiger partial charge on any atom is -0.352 e. The van der Waals surface area contributed by atoms with E-state index in [0.29, 0.717) is 29.9 Å². The first-order valence-electron chi connectivity index (χ1n) is 8.95. The zero-order chi connectivity index (χ0) is 20.6. The molecule has 6 nitrogen and oxygen atoms in total. The highest BCUT2D eigenvalue weighted by Gasteiger charge is 2.28. The van der Waals surface area contributed by atoms with Gasteiger partial charge in [0.15, 0.2) is 0 Å². The Balaban J connectivity index is 1.79. The van der Waals surface area contributed by atoms with Gasteiger partial charge in [-0.3, -0.25) is 9.10 Å². The van der Waals surface area contributed by atoms with Gasteiger partial charge in [-0.05, 0) is 55.3 Å². The summed E-state index contributed by atoms with van der Waals surface area (Å²) >= 11 is 1.42. The summed E-state index contributed by atoms with van der Waals surface area (Å²) in [5, 5.41) is 5.34. The van der Waals surface area contributed by atoms with Gasteiger partial charge < -0.3 is 5.32 Å². The fourth-order valence-electron chi connectivity index (χ4n) is 3.23. The van der Waals surface area contributed by atoms with Crippen molar-refractivity contribution in [3.8, 4) is 0 Å². The lowest BCUT2D eigenvalue weighted by Crippen LogP contribution is -2.33. The van der Waals surface area contributed by atoms with Crippen LogP contribution < -0.4 is 9.62 Å². The normalized spacial score (nSPS) is 13.7. The average molecular weight is 432 g/mol. The highest BCUT2D eigenvalue weighted by Crippen LogP contribution is 2.28. The molecule has 4 rings (SSSR count). The molecule has 0 saturated carbocycles. The van der Waals surface area contributed by atoms with Gasteiger partial charge in [-0.2, -0.15) is 0 Å². The molecule has 2 heterocycles. The number of hydrogen-bond donors (Lipinski definition) is 1. The SMILES string of the molecule is Cc1nc(CN(c2ccc(F)cc2)S(=O)(=O)c2ccc3c(c2)C(=O)NCC3)cs1. The van der Waals surface area contributed by atoms with E-state index in [0.717, 1.165) is 10.6 Å². The maximum Gasteiger partial charge on any atom is 0.264 e. The van der Waals surface area contributed by atoms with E-state index in [1.807, 2.05) is 6.92 Å². The Morgan fingerprint density at radius 2 is 1.97 bits per heavy atom. The third-order valence-corrected chi connectivity index (χ3v) is 7.27. The molecule has 9 heteroatoms. The van der Waals surface area contributed by atoms with Gasteiger partial charge in [-0.15, -0.1) is 11.3 Å². The first-order chi connectivity index (χ1) is 13.8. The molecule has 0 unspecified atom stereocenters. The zero-order valence-electron chi connectivity index (χ0n) is 15.6. The highest BCUT2D eigenvalue weighted by molar-refractivity contribution is 7.92. The number of carbonyl (C=O) groups is 1. The Hall–Kier alpha value is -2.78. The Labute approximate surface area is 172 Å². The van der Waals surface area contributed by atoms with Crippen molar-refractivity contribution in [2.45, 2.75) is 24.8 Å². The lowest BCUT2D eigenvalue weighted by atomic mass is 10.0. The molecule has 1 N–H and O–H groups in total. The van der Waals surface area contributed by atoms with Gasteiger partial charge in [0.1, 0.15) is 5.82 Å². The molecule has 1 aliphatic rings. The number of amides is 1. The van der Waals surface area contributed by atoms with Crippen molar-refractivity contribution in [1.82, 2.24) is 10.3 Å². The summed E-state index contributed by atoms with van der Waals surface area (Å²) in [5.41, 5.74) is 2.09. The van der Waals surface area contributed by atoms with Crippen LogP contribution >= 0.6 is 11.3 Å². The summed E-state index contributed by atoms with van der Waals surface area (Å²) < 4.78 is 41.6. The van der Waals surface area contributed by atoms with Crippen LogP contribution in [0.1, 0.15) is 26.6 Å². The molecule has 1 aromatic heterocycles. The summed E-state index contributed by atoms with van der Waals surface area (Å²) in [6, 6.07) is 9.84. The molecular formula is C20H18FN3O3S2. The molecule has 150 valence electrons. The van der Waals surface area contributed by atoms with Crippen LogP contribution in [0.4, 0.5) is 10.1 Å². The van der Waals surface area contributed by atoms with Crippen LogP contribution in [-0.2, 0) is 23.0 Å². The van der Waals surface area contributed by atoms with Gasteiger partial charge in [-0.25, -0.2) is 17.8 Å². The number of rotatable bonds is 5. The molecule has 0 saturated heterocycles. The first kappa shape index (κ1) is 19.5. The largest absolute Gasteiger partial charge is 0.352 e. The number of hydrogen-bond acceptors (Lipinski definition) is 5. The third kappa shape index (κ3) is 3.88. The van der Waals surface area contributed by atoms with Crippen LogP contribution in [0.3, 0.4) is 0 Å². The fourth-order valence-corrected chi connectivity index (χ4v) is 5.30.